The molecule has 0 saturated carbocycles. The molecule has 0 saturated heterocycles. The molecule has 0 fully saturated rings. The average molecular weight is 377 g/mol. The van der Waals surface area contributed by atoms with Gasteiger partial charge in [0.15, 0.2) is 0 Å². The maximum Gasteiger partial charge on any atom is 0.246 e. The molecule has 1 heterocycles. The summed E-state index contributed by atoms with van der Waals surface area (Å²) in [6, 6.07) is 7.44. The van der Waals surface area contributed by atoms with E-state index in [1.165, 1.54) is 23.7 Å². The summed E-state index contributed by atoms with van der Waals surface area (Å²) in [5.41, 5.74) is 0.869. The van der Waals surface area contributed by atoms with Crippen LogP contribution in [0.25, 0.3) is 0 Å². The van der Waals surface area contributed by atoms with Crippen LogP contribution in [0.1, 0.15) is 5.56 Å². The Morgan fingerprint density at radius 1 is 1.25 bits per heavy atom. The van der Waals surface area contributed by atoms with Crippen LogP contribution in [0.4, 0.5) is 0 Å². The van der Waals surface area contributed by atoms with Crippen molar-refractivity contribution < 1.29 is 8.42 Å². The maximum absolute atomic E-state index is 12.3. The summed E-state index contributed by atoms with van der Waals surface area (Å²) < 4.78 is 26.8. The second-order valence-electron chi connectivity index (χ2n) is 4.04. The Kier molecular flexibility index (Phi) is 4.74. The minimum absolute atomic E-state index is 0.0106. The Balaban J connectivity index is 2.26. The predicted octanol–water partition coefficient (Wildman–Crippen LogP) is 2.71. The van der Waals surface area contributed by atoms with Crippen molar-refractivity contribution in [1.29, 1.82) is 0 Å². The van der Waals surface area contributed by atoms with Gasteiger partial charge in [-0.1, -0.05) is 34.1 Å². The second-order valence-corrected chi connectivity index (χ2v) is 7.28. The number of halogens is 2. The van der Waals surface area contributed by atoms with E-state index in [0.717, 1.165) is 10.0 Å². The third-order valence-corrected chi connectivity index (χ3v) is 5.38. The fourth-order valence-electron chi connectivity index (χ4n) is 1.57. The van der Waals surface area contributed by atoms with Crippen molar-refractivity contribution in [2.24, 2.45) is 0 Å². The van der Waals surface area contributed by atoms with Crippen LogP contribution in [-0.2, 0) is 16.6 Å². The van der Waals surface area contributed by atoms with Crippen molar-refractivity contribution in [3.8, 4) is 0 Å². The van der Waals surface area contributed by atoms with Gasteiger partial charge < -0.3 is 0 Å². The Labute approximate surface area is 130 Å². The molecule has 0 N–H and O–H groups in total. The van der Waals surface area contributed by atoms with Crippen LogP contribution in [0.3, 0.4) is 0 Å². The first kappa shape index (κ1) is 15.4. The molecular formula is C12H11BrClN3O2S. The molecule has 0 unspecified atom stereocenters. The van der Waals surface area contributed by atoms with E-state index >= 15 is 0 Å². The van der Waals surface area contributed by atoms with E-state index in [1.54, 1.807) is 0 Å². The fraction of sp³-hybridized carbons (Fsp3) is 0.167. The molecule has 1 aromatic heterocycles. The molecule has 0 aliphatic heterocycles. The van der Waals surface area contributed by atoms with E-state index in [2.05, 4.69) is 25.9 Å². The first-order valence-electron chi connectivity index (χ1n) is 5.58. The molecular weight excluding hydrogens is 366 g/mol. The number of hydrogen-bond acceptors (Lipinski definition) is 4. The first-order chi connectivity index (χ1) is 9.41. The molecule has 1 aromatic carbocycles. The van der Waals surface area contributed by atoms with Crippen LogP contribution in [0.2, 0.25) is 5.28 Å². The summed E-state index contributed by atoms with van der Waals surface area (Å²) >= 11 is 8.95. The van der Waals surface area contributed by atoms with E-state index in [0.29, 0.717) is 0 Å². The SMILES string of the molecule is CN(Cc1ccccc1Br)S(=O)(=O)c1cnc(Cl)nc1. The van der Waals surface area contributed by atoms with Crippen LogP contribution < -0.4 is 0 Å². The third-order valence-electron chi connectivity index (χ3n) is 2.66. The van der Waals surface area contributed by atoms with Gasteiger partial charge in [0.2, 0.25) is 15.3 Å². The van der Waals surface area contributed by atoms with Gasteiger partial charge in [-0.15, -0.1) is 0 Å². The normalized spacial score (nSPS) is 11.8. The lowest BCUT2D eigenvalue weighted by Crippen LogP contribution is -2.26. The van der Waals surface area contributed by atoms with Gasteiger partial charge in [-0.05, 0) is 23.2 Å². The van der Waals surface area contributed by atoms with Gasteiger partial charge in [0.25, 0.3) is 0 Å². The lowest BCUT2D eigenvalue weighted by atomic mass is 10.2. The van der Waals surface area contributed by atoms with Gasteiger partial charge in [-0.25, -0.2) is 18.4 Å². The highest BCUT2D eigenvalue weighted by Crippen LogP contribution is 2.21. The zero-order chi connectivity index (χ0) is 14.8. The van der Waals surface area contributed by atoms with Crippen molar-refractivity contribution >= 4 is 37.6 Å². The van der Waals surface area contributed by atoms with E-state index in [9.17, 15) is 8.42 Å². The van der Waals surface area contributed by atoms with Crippen molar-refractivity contribution in [2.45, 2.75) is 11.4 Å². The number of aromatic nitrogens is 2. The van der Waals surface area contributed by atoms with Crippen molar-refractivity contribution in [3.63, 3.8) is 0 Å². The van der Waals surface area contributed by atoms with E-state index in [1.807, 2.05) is 24.3 Å². The van der Waals surface area contributed by atoms with Gasteiger partial charge in [0.1, 0.15) is 4.90 Å². The van der Waals surface area contributed by atoms with Gasteiger partial charge in [-0.2, -0.15) is 4.31 Å². The van der Waals surface area contributed by atoms with Gasteiger partial charge in [0, 0.05) is 18.1 Å². The monoisotopic (exact) mass is 375 g/mol. The van der Waals surface area contributed by atoms with Crippen molar-refractivity contribution in [1.82, 2.24) is 14.3 Å². The van der Waals surface area contributed by atoms with Gasteiger partial charge >= 0.3 is 0 Å². The number of nitrogens with zero attached hydrogens (tertiary/aromatic N) is 3. The Bertz CT molecular complexity index is 707. The molecule has 0 radical (unpaired) electrons. The quantitative estimate of drug-likeness (QED) is 0.770. The number of sulfonamides is 1. The summed E-state index contributed by atoms with van der Waals surface area (Å²) in [7, 11) is -2.14. The summed E-state index contributed by atoms with van der Waals surface area (Å²) in [5, 5.41) is 0.0115. The van der Waals surface area contributed by atoms with Crippen LogP contribution in [0, 0.1) is 0 Å². The highest BCUT2D eigenvalue weighted by molar-refractivity contribution is 9.10. The Morgan fingerprint density at radius 2 is 1.85 bits per heavy atom. The number of hydrogen-bond donors (Lipinski definition) is 0. The van der Waals surface area contributed by atoms with E-state index < -0.39 is 10.0 Å². The van der Waals surface area contributed by atoms with Crippen molar-refractivity contribution in [3.05, 3.63) is 52.0 Å². The van der Waals surface area contributed by atoms with Crippen LogP contribution in [0.15, 0.2) is 46.0 Å². The maximum atomic E-state index is 12.3. The standard InChI is InChI=1S/C12H11BrClN3O2S/c1-17(8-9-4-2-3-5-11(9)13)20(18,19)10-6-15-12(14)16-7-10/h2-7H,8H2,1H3. The molecule has 0 aliphatic rings. The summed E-state index contributed by atoms with van der Waals surface area (Å²) in [6.45, 7) is 0.242. The zero-order valence-corrected chi connectivity index (χ0v) is 13.7. The lowest BCUT2D eigenvalue weighted by molar-refractivity contribution is 0.465. The van der Waals surface area contributed by atoms with Crippen molar-refractivity contribution in [2.75, 3.05) is 7.05 Å². The smallest absolute Gasteiger partial charge is 0.225 e. The molecule has 5 nitrogen and oxygen atoms in total. The first-order valence-corrected chi connectivity index (χ1v) is 8.19. The molecule has 0 spiro atoms. The summed E-state index contributed by atoms with van der Waals surface area (Å²) in [6.07, 6.45) is 2.39. The molecule has 106 valence electrons. The average Bonchev–Trinajstić information content (AvgIpc) is 2.41. The van der Waals surface area contributed by atoms with Gasteiger partial charge in [0.05, 0.1) is 12.4 Å². The molecule has 0 aliphatic carbocycles. The van der Waals surface area contributed by atoms with Gasteiger partial charge in [-0.3, -0.25) is 0 Å². The van der Waals surface area contributed by atoms with Crippen LogP contribution in [0.5, 0.6) is 0 Å². The highest BCUT2D eigenvalue weighted by atomic mass is 79.9. The summed E-state index contributed by atoms with van der Waals surface area (Å²) in [5.74, 6) is 0. The van der Waals surface area contributed by atoms with Crippen LogP contribution >= 0.6 is 27.5 Å². The number of rotatable bonds is 4. The molecule has 20 heavy (non-hydrogen) atoms. The summed E-state index contributed by atoms with van der Waals surface area (Å²) in [4.78, 5) is 7.39. The molecule has 0 amide bonds. The fourth-order valence-corrected chi connectivity index (χ4v) is 3.11. The molecule has 8 heteroatoms. The van der Waals surface area contributed by atoms with E-state index in [4.69, 9.17) is 11.6 Å². The highest BCUT2D eigenvalue weighted by Gasteiger charge is 2.22. The molecule has 2 aromatic rings. The largest absolute Gasteiger partial charge is 0.246 e. The predicted molar refractivity (Wildman–Crippen MR) is 79.8 cm³/mol. The lowest BCUT2D eigenvalue weighted by Gasteiger charge is -2.17. The zero-order valence-electron chi connectivity index (χ0n) is 10.5. The second kappa shape index (κ2) is 6.17. The number of benzene rings is 1. The Morgan fingerprint density at radius 3 is 2.45 bits per heavy atom. The minimum Gasteiger partial charge on any atom is -0.225 e. The van der Waals surface area contributed by atoms with Crippen LogP contribution in [-0.4, -0.2) is 29.7 Å². The van der Waals surface area contributed by atoms with E-state index in [-0.39, 0.29) is 16.7 Å². The molecule has 2 rings (SSSR count). The molecule has 0 bridgehead atoms. The minimum atomic E-state index is -3.64. The third kappa shape index (κ3) is 3.35. The topological polar surface area (TPSA) is 63.2 Å². The Hall–Kier alpha value is -1.02. The molecule has 0 atom stereocenters.